The van der Waals surface area contributed by atoms with Crippen molar-refractivity contribution in [2.75, 3.05) is 34.3 Å². The second-order valence-electron chi connectivity index (χ2n) is 6.17. The molecule has 2 heteroatoms. The Kier molecular flexibility index (Phi) is 4.80. The molecule has 20 heavy (non-hydrogen) atoms. The Morgan fingerprint density at radius 2 is 1.40 bits per heavy atom. The zero-order valence-corrected chi connectivity index (χ0v) is 12.7. The van der Waals surface area contributed by atoms with E-state index in [4.69, 9.17) is 4.74 Å². The summed E-state index contributed by atoms with van der Waals surface area (Å²) in [6.45, 7) is 1.76. The van der Waals surface area contributed by atoms with E-state index in [9.17, 15) is 0 Å². The van der Waals surface area contributed by atoms with Crippen LogP contribution in [0.15, 0.2) is 54.6 Å². The van der Waals surface area contributed by atoms with Gasteiger partial charge in [-0.1, -0.05) is 42.5 Å². The molecule has 106 valence electrons. The average molecular weight is 270 g/mol. The molecule has 2 nitrogen and oxygen atoms in total. The first kappa shape index (κ1) is 14.6. The van der Waals surface area contributed by atoms with Gasteiger partial charge in [-0.2, -0.15) is 0 Å². The Balaban J connectivity index is 1.87. The van der Waals surface area contributed by atoms with E-state index in [1.165, 1.54) is 11.1 Å². The maximum absolute atomic E-state index is 5.77. The standard InChI is InChI=1S/C18H24NO/c1-19(2,3)13-14-20-18-11-9-17(10-12-18)15-16-7-5-4-6-8-16/h4-12H,13-15H2,1-3H3/q+1. The summed E-state index contributed by atoms with van der Waals surface area (Å²) in [5.41, 5.74) is 2.65. The second kappa shape index (κ2) is 6.58. The summed E-state index contributed by atoms with van der Waals surface area (Å²) in [7, 11) is 6.52. The zero-order valence-electron chi connectivity index (χ0n) is 12.7. The topological polar surface area (TPSA) is 9.23 Å². The van der Waals surface area contributed by atoms with E-state index in [0.29, 0.717) is 0 Å². The van der Waals surface area contributed by atoms with Crippen LogP contribution in [0, 0.1) is 0 Å². The number of quaternary nitrogens is 1. The van der Waals surface area contributed by atoms with Crippen molar-refractivity contribution in [2.24, 2.45) is 0 Å². The van der Waals surface area contributed by atoms with Gasteiger partial charge in [-0.15, -0.1) is 0 Å². The van der Waals surface area contributed by atoms with Gasteiger partial charge in [-0.3, -0.25) is 0 Å². The molecule has 0 amide bonds. The fourth-order valence-corrected chi connectivity index (χ4v) is 1.97. The van der Waals surface area contributed by atoms with Crippen molar-refractivity contribution < 1.29 is 9.22 Å². The van der Waals surface area contributed by atoms with Gasteiger partial charge in [-0.05, 0) is 29.7 Å². The van der Waals surface area contributed by atoms with E-state index in [0.717, 1.165) is 29.8 Å². The third kappa shape index (κ3) is 5.06. The summed E-state index contributed by atoms with van der Waals surface area (Å²) in [6.07, 6.45) is 0.972. The Morgan fingerprint density at radius 3 is 2.00 bits per heavy atom. The number of likely N-dealkylation sites (N-methyl/N-ethyl adjacent to an activating group) is 1. The molecule has 2 aromatic rings. The van der Waals surface area contributed by atoms with Crippen LogP contribution >= 0.6 is 0 Å². The fourth-order valence-electron chi connectivity index (χ4n) is 1.97. The first-order valence-corrected chi connectivity index (χ1v) is 7.09. The number of ether oxygens (including phenoxy) is 1. The van der Waals surface area contributed by atoms with Gasteiger partial charge in [0.05, 0.1) is 21.1 Å². The Bertz CT molecular complexity index is 511. The highest BCUT2D eigenvalue weighted by atomic mass is 16.5. The van der Waals surface area contributed by atoms with E-state index in [1.54, 1.807) is 0 Å². The minimum atomic E-state index is 0.752. The molecule has 0 bridgehead atoms. The van der Waals surface area contributed by atoms with Gasteiger partial charge in [-0.25, -0.2) is 0 Å². The maximum Gasteiger partial charge on any atom is 0.137 e. The van der Waals surface area contributed by atoms with Crippen molar-refractivity contribution in [3.63, 3.8) is 0 Å². The van der Waals surface area contributed by atoms with Crippen LogP contribution in [0.4, 0.5) is 0 Å². The number of nitrogens with zero attached hydrogens (tertiary/aromatic N) is 1. The van der Waals surface area contributed by atoms with Crippen LogP contribution in [-0.2, 0) is 6.42 Å². The van der Waals surface area contributed by atoms with Gasteiger partial charge in [0, 0.05) is 0 Å². The van der Waals surface area contributed by atoms with E-state index in [2.05, 4.69) is 69.7 Å². The largest absolute Gasteiger partial charge is 0.488 e. The monoisotopic (exact) mass is 270 g/mol. The summed E-state index contributed by atoms with van der Waals surface area (Å²) in [6, 6.07) is 18.9. The van der Waals surface area contributed by atoms with Crippen molar-refractivity contribution in [1.29, 1.82) is 0 Å². The lowest BCUT2D eigenvalue weighted by Crippen LogP contribution is -2.38. The molecule has 0 unspecified atom stereocenters. The van der Waals surface area contributed by atoms with Crippen molar-refractivity contribution in [3.05, 3.63) is 65.7 Å². The summed E-state index contributed by atoms with van der Waals surface area (Å²) in [4.78, 5) is 0. The quantitative estimate of drug-likeness (QED) is 0.731. The van der Waals surface area contributed by atoms with Crippen LogP contribution < -0.4 is 4.74 Å². The minimum absolute atomic E-state index is 0.752. The highest BCUT2D eigenvalue weighted by Gasteiger charge is 2.06. The van der Waals surface area contributed by atoms with Gasteiger partial charge in [0.1, 0.15) is 18.9 Å². The fraction of sp³-hybridized carbons (Fsp3) is 0.333. The van der Waals surface area contributed by atoms with E-state index in [1.807, 2.05) is 6.07 Å². The molecule has 0 N–H and O–H groups in total. The predicted molar refractivity (Wildman–Crippen MR) is 84.1 cm³/mol. The molecule has 0 aromatic heterocycles. The third-order valence-electron chi connectivity index (χ3n) is 3.21. The van der Waals surface area contributed by atoms with Crippen molar-refractivity contribution >= 4 is 0 Å². The average Bonchev–Trinajstić information content (AvgIpc) is 2.41. The first-order chi connectivity index (χ1) is 9.53. The highest BCUT2D eigenvalue weighted by Crippen LogP contribution is 2.15. The second-order valence-corrected chi connectivity index (χ2v) is 6.17. The molecule has 0 spiro atoms. The third-order valence-corrected chi connectivity index (χ3v) is 3.21. The minimum Gasteiger partial charge on any atom is -0.488 e. The van der Waals surface area contributed by atoms with Crippen molar-refractivity contribution in [3.8, 4) is 5.75 Å². The number of benzene rings is 2. The molecule has 0 heterocycles. The lowest BCUT2D eigenvalue weighted by Gasteiger charge is -2.23. The summed E-state index contributed by atoms with van der Waals surface area (Å²) in [5.74, 6) is 0.954. The number of hydrogen-bond donors (Lipinski definition) is 0. The molecule has 0 aliphatic heterocycles. The summed E-state index contributed by atoms with van der Waals surface area (Å²) < 4.78 is 6.69. The lowest BCUT2D eigenvalue weighted by atomic mass is 10.1. The molecule has 0 aliphatic carbocycles. The van der Waals surface area contributed by atoms with E-state index >= 15 is 0 Å². The van der Waals surface area contributed by atoms with Gasteiger partial charge < -0.3 is 9.22 Å². The Hall–Kier alpha value is -1.80. The zero-order chi connectivity index (χ0) is 14.4. The molecule has 2 aromatic carbocycles. The molecule has 0 saturated heterocycles. The van der Waals surface area contributed by atoms with Crippen LogP contribution in [0.2, 0.25) is 0 Å². The van der Waals surface area contributed by atoms with Gasteiger partial charge >= 0.3 is 0 Å². The molecule has 2 rings (SSSR count). The Morgan fingerprint density at radius 1 is 0.800 bits per heavy atom. The van der Waals surface area contributed by atoms with Crippen LogP contribution in [-0.4, -0.2) is 38.8 Å². The van der Waals surface area contributed by atoms with Crippen molar-refractivity contribution in [2.45, 2.75) is 6.42 Å². The maximum atomic E-state index is 5.77. The van der Waals surface area contributed by atoms with Crippen LogP contribution in [0.5, 0.6) is 5.75 Å². The molecule has 0 fully saturated rings. The van der Waals surface area contributed by atoms with Crippen LogP contribution in [0.25, 0.3) is 0 Å². The molecule has 0 saturated carbocycles. The number of hydrogen-bond acceptors (Lipinski definition) is 1. The van der Waals surface area contributed by atoms with Crippen LogP contribution in [0.3, 0.4) is 0 Å². The predicted octanol–water partition coefficient (Wildman–Crippen LogP) is 3.36. The van der Waals surface area contributed by atoms with Gasteiger partial charge in [0.15, 0.2) is 0 Å². The lowest BCUT2D eigenvalue weighted by molar-refractivity contribution is -0.870. The number of rotatable bonds is 6. The summed E-state index contributed by atoms with van der Waals surface area (Å²) in [5, 5.41) is 0. The Labute approximate surface area is 122 Å². The molecule has 0 aliphatic rings. The molecular weight excluding hydrogens is 246 g/mol. The van der Waals surface area contributed by atoms with E-state index in [-0.39, 0.29) is 0 Å². The van der Waals surface area contributed by atoms with Gasteiger partial charge in [0.2, 0.25) is 0 Å². The highest BCUT2D eigenvalue weighted by molar-refractivity contribution is 5.31. The smallest absolute Gasteiger partial charge is 0.137 e. The van der Waals surface area contributed by atoms with Crippen LogP contribution in [0.1, 0.15) is 11.1 Å². The van der Waals surface area contributed by atoms with Gasteiger partial charge in [0.25, 0.3) is 0 Å². The molecule has 0 atom stereocenters. The normalized spacial score (nSPS) is 11.3. The van der Waals surface area contributed by atoms with Crippen molar-refractivity contribution in [1.82, 2.24) is 0 Å². The molecular formula is C18H24NO+. The molecule has 0 radical (unpaired) electrons. The first-order valence-electron chi connectivity index (χ1n) is 7.09. The SMILES string of the molecule is C[N+](C)(C)CCOc1ccc(Cc2ccccc2)cc1. The van der Waals surface area contributed by atoms with E-state index < -0.39 is 0 Å². The summed E-state index contributed by atoms with van der Waals surface area (Å²) >= 11 is 0.